The fourth-order valence-electron chi connectivity index (χ4n) is 3.16. The molecule has 5 heteroatoms. The molecule has 2 heterocycles. The van der Waals surface area contributed by atoms with E-state index in [1.165, 1.54) is 12.8 Å². The second kappa shape index (κ2) is 8.37. The Hall–Kier alpha value is -1.10. The van der Waals surface area contributed by atoms with Crippen LogP contribution in [0.4, 0.5) is 0 Å². The van der Waals surface area contributed by atoms with Gasteiger partial charge in [-0.25, -0.2) is 0 Å². The number of likely N-dealkylation sites (tertiary alicyclic amines) is 1. The lowest BCUT2D eigenvalue weighted by Gasteiger charge is -2.35. The highest BCUT2D eigenvalue weighted by molar-refractivity contribution is 5.84. The maximum atomic E-state index is 12.3. The molecule has 0 spiro atoms. The Balaban J connectivity index is 1.78. The van der Waals surface area contributed by atoms with E-state index in [2.05, 4.69) is 6.92 Å². The summed E-state index contributed by atoms with van der Waals surface area (Å²) in [5.74, 6) is 0.250. The number of morpholine rings is 1. The van der Waals surface area contributed by atoms with Crippen LogP contribution in [0.15, 0.2) is 0 Å². The van der Waals surface area contributed by atoms with Gasteiger partial charge < -0.3 is 14.5 Å². The van der Waals surface area contributed by atoms with E-state index in [-0.39, 0.29) is 17.9 Å². The zero-order chi connectivity index (χ0) is 15.1. The molecule has 0 bridgehead atoms. The zero-order valence-corrected chi connectivity index (χ0v) is 13.2. The van der Waals surface area contributed by atoms with Gasteiger partial charge in [0.2, 0.25) is 11.8 Å². The first-order valence-corrected chi connectivity index (χ1v) is 8.37. The first kappa shape index (κ1) is 16.3. The monoisotopic (exact) mass is 296 g/mol. The van der Waals surface area contributed by atoms with E-state index in [4.69, 9.17) is 4.74 Å². The molecule has 2 fully saturated rings. The van der Waals surface area contributed by atoms with Gasteiger partial charge in [0.25, 0.3) is 0 Å². The van der Waals surface area contributed by atoms with Crippen molar-refractivity contribution in [1.82, 2.24) is 9.80 Å². The Bertz CT molecular complexity index is 351. The number of nitrogens with zero attached hydrogens (tertiary/aromatic N) is 2. The van der Waals surface area contributed by atoms with E-state index >= 15 is 0 Å². The predicted molar refractivity (Wildman–Crippen MR) is 80.9 cm³/mol. The molecule has 0 aromatic rings. The molecule has 2 saturated heterocycles. The number of carbonyl (C=O) groups excluding carboxylic acids is 2. The van der Waals surface area contributed by atoms with Crippen LogP contribution in [-0.2, 0) is 14.3 Å². The molecule has 0 unspecified atom stereocenters. The van der Waals surface area contributed by atoms with Gasteiger partial charge in [0.15, 0.2) is 0 Å². The van der Waals surface area contributed by atoms with Gasteiger partial charge in [-0.05, 0) is 19.3 Å². The number of rotatable bonds is 4. The van der Waals surface area contributed by atoms with Crippen molar-refractivity contribution < 1.29 is 14.3 Å². The summed E-state index contributed by atoms with van der Waals surface area (Å²) >= 11 is 0. The summed E-state index contributed by atoms with van der Waals surface area (Å²) < 4.78 is 5.42. The minimum absolute atomic E-state index is 0.105. The van der Waals surface area contributed by atoms with Gasteiger partial charge in [-0.3, -0.25) is 9.59 Å². The molecule has 5 nitrogen and oxygen atoms in total. The van der Waals surface area contributed by atoms with Gasteiger partial charge in [0.1, 0.15) is 0 Å². The summed E-state index contributed by atoms with van der Waals surface area (Å²) in [4.78, 5) is 28.4. The molecule has 120 valence electrons. The Morgan fingerprint density at radius 3 is 2.33 bits per heavy atom. The Kier molecular flexibility index (Phi) is 6.49. The van der Waals surface area contributed by atoms with Crippen molar-refractivity contribution >= 4 is 11.8 Å². The molecular formula is C16H28N2O3. The standard InChI is InChI=1S/C16H28N2O3/c1-2-14-13-21-12-11-18(14)16(20)8-7-15(19)17-9-5-3-4-6-10-17/h14H,2-13H2,1H3/t14-/m0/s1. The van der Waals surface area contributed by atoms with Crippen LogP contribution >= 0.6 is 0 Å². The van der Waals surface area contributed by atoms with Crippen LogP contribution in [0.1, 0.15) is 51.9 Å². The molecule has 0 radical (unpaired) electrons. The smallest absolute Gasteiger partial charge is 0.223 e. The number of ether oxygens (including phenoxy) is 1. The predicted octanol–water partition coefficient (Wildman–Crippen LogP) is 1.81. The fraction of sp³-hybridized carbons (Fsp3) is 0.875. The molecule has 2 amide bonds. The molecule has 0 aromatic heterocycles. The van der Waals surface area contributed by atoms with Crippen LogP contribution in [-0.4, -0.2) is 60.5 Å². The van der Waals surface area contributed by atoms with E-state index in [1.807, 2.05) is 9.80 Å². The fourth-order valence-corrected chi connectivity index (χ4v) is 3.16. The highest BCUT2D eigenvalue weighted by Gasteiger charge is 2.26. The van der Waals surface area contributed by atoms with E-state index in [1.54, 1.807) is 0 Å². The molecule has 2 rings (SSSR count). The van der Waals surface area contributed by atoms with Crippen molar-refractivity contribution in [2.75, 3.05) is 32.8 Å². The van der Waals surface area contributed by atoms with E-state index < -0.39 is 0 Å². The summed E-state index contributed by atoms with van der Waals surface area (Å²) in [6.45, 7) is 5.70. The van der Waals surface area contributed by atoms with Crippen molar-refractivity contribution in [2.45, 2.75) is 57.9 Å². The van der Waals surface area contributed by atoms with Gasteiger partial charge in [-0.2, -0.15) is 0 Å². The van der Waals surface area contributed by atoms with Crippen LogP contribution < -0.4 is 0 Å². The highest BCUT2D eigenvalue weighted by Crippen LogP contribution is 2.15. The summed E-state index contributed by atoms with van der Waals surface area (Å²) in [7, 11) is 0. The van der Waals surface area contributed by atoms with Crippen molar-refractivity contribution in [1.29, 1.82) is 0 Å². The van der Waals surface area contributed by atoms with Crippen LogP contribution in [0.3, 0.4) is 0 Å². The normalized spacial score (nSPS) is 23.8. The average molecular weight is 296 g/mol. The summed E-state index contributed by atoms with van der Waals surface area (Å²) in [6, 6.07) is 0.180. The summed E-state index contributed by atoms with van der Waals surface area (Å²) in [5, 5.41) is 0. The van der Waals surface area contributed by atoms with Gasteiger partial charge in [-0.1, -0.05) is 19.8 Å². The molecule has 21 heavy (non-hydrogen) atoms. The molecule has 0 aliphatic carbocycles. The Labute approximate surface area is 127 Å². The summed E-state index contributed by atoms with van der Waals surface area (Å²) in [6.07, 6.45) is 6.23. The zero-order valence-electron chi connectivity index (χ0n) is 13.2. The minimum atomic E-state index is 0.105. The van der Waals surface area contributed by atoms with Crippen molar-refractivity contribution in [3.8, 4) is 0 Å². The van der Waals surface area contributed by atoms with Gasteiger partial charge >= 0.3 is 0 Å². The third-order valence-corrected chi connectivity index (χ3v) is 4.53. The van der Waals surface area contributed by atoms with E-state index in [0.29, 0.717) is 32.6 Å². The maximum absolute atomic E-state index is 12.3. The molecule has 2 aliphatic heterocycles. The van der Waals surface area contributed by atoms with E-state index in [0.717, 1.165) is 32.4 Å². The summed E-state index contributed by atoms with van der Waals surface area (Å²) in [5.41, 5.74) is 0. The second-order valence-corrected chi connectivity index (χ2v) is 6.02. The quantitative estimate of drug-likeness (QED) is 0.795. The number of carbonyl (C=O) groups is 2. The van der Waals surface area contributed by atoms with Crippen molar-refractivity contribution in [3.05, 3.63) is 0 Å². The average Bonchev–Trinajstić information content (AvgIpc) is 2.81. The molecule has 0 N–H and O–H groups in total. The van der Waals surface area contributed by atoms with E-state index in [9.17, 15) is 9.59 Å². The lowest BCUT2D eigenvalue weighted by atomic mass is 10.1. The number of hydrogen-bond acceptors (Lipinski definition) is 3. The molecular weight excluding hydrogens is 268 g/mol. The molecule has 1 atom stereocenters. The lowest BCUT2D eigenvalue weighted by molar-refractivity contribution is -0.142. The van der Waals surface area contributed by atoms with Crippen molar-refractivity contribution in [2.24, 2.45) is 0 Å². The Morgan fingerprint density at radius 2 is 1.67 bits per heavy atom. The van der Waals surface area contributed by atoms with Crippen LogP contribution in [0.25, 0.3) is 0 Å². The minimum Gasteiger partial charge on any atom is -0.377 e. The van der Waals surface area contributed by atoms with Crippen molar-refractivity contribution in [3.63, 3.8) is 0 Å². The molecule has 2 aliphatic rings. The maximum Gasteiger partial charge on any atom is 0.223 e. The SMILES string of the molecule is CC[C@H]1COCCN1C(=O)CCC(=O)N1CCCCCC1. The Morgan fingerprint density at radius 1 is 1.00 bits per heavy atom. The van der Waals surface area contributed by atoms with Crippen LogP contribution in [0.2, 0.25) is 0 Å². The molecule has 0 saturated carbocycles. The first-order chi connectivity index (χ1) is 10.2. The van der Waals surface area contributed by atoms with Gasteiger partial charge in [-0.15, -0.1) is 0 Å². The number of hydrogen-bond donors (Lipinski definition) is 0. The first-order valence-electron chi connectivity index (χ1n) is 8.37. The molecule has 0 aromatic carbocycles. The highest BCUT2D eigenvalue weighted by atomic mass is 16.5. The lowest BCUT2D eigenvalue weighted by Crippen LogP contribution is -2.48. The topological polar surface area (TPSA) is 49.9 Å². The van der Waals surface area contributed by atoms with Crippen LogP contribution in [0.5, 0.6) is 0 Å². The number of amides is 2. The van der Waals surface area contributed by atoms with Gasteiger partial charge in [0.05, 0.1) is 19.3 Å². The van der Waals surface area contributed by atoms with Gasteiger partial charge in [0, 0.05) is 32.5 Å². The van der Waals surface area contributed by atoms with Crippen LogP contribution in [0, 0.1) is 0 Å². The second-order valence-electron chi connectivity index (χ2n) is 6.02. The third-order valence-electron chi connectivity index (χ3n) is 4.53. The third kappa shape index (κ3) is 4.70. The largest absolute Gasteiger partial charge is 0.377 e.